The first kappa shape index (κ1) is 17.1. The number of hydrogen-bond acceptors (Lipinski definition) is 5. The highest BCUT2D eigenvalue weighted by atomic mass is 16.6. The van der Waals surface area contributed by atoms with E-state index in [-0.39, 0.29) is 11.7 Å². The summed E-state index contributed by atoms with van der Waals surface area (Å²) in [5.41, 5.74) is 3.88. The third-order valence-electron chi connectivity index (χ3n) is 4.70. The van der Waals surface area contributed by atoms with Crippen molar-refractivity contribution in [2.24, 2.45) is 0 Å². The zero-order chi connectivity index (χ0) is 18.8. The molecule has 0 bridgehead atoms. The van der Waals surface area contributed by atoms with Crippen LogP contribution in [0.4, 0.5) is 16.2 Å². The normalized spacial score (nSPS) is 13.8. The fourth-order valence-corrected chi connectivity index (χ4v) is 3.25. The van der Waals surface area contributed by atoms with E-state index < -0.39 is 0 Å². The van der Waals surface area contributed by atoms with Gasteiger partial charge in [-0.1, -0.05) is 25.1 Å². The Morgan fingerprint density at radius 2 is 2.00 bits per heavy atom. The number of nitrogens with zero attached hydrogens (tertiary/aromatic N) is 1. The highest BCUT2D eigenvalue weighted by Gasteiger charge is 2.23. The number of nitrogens with one attached hydrogen (secondary N) is 1. The maximum absolute atomic E-state index is 11.9. The van der Waals surface area contributed by atoms with E-state index in [0.717, 1.165) is 34.3 Å². The van der Waals surface area contributed by atoms with Gasteiger partial charge in [-0.2, -0.15) is 0 Å². The molecule has 4 rings (SSSR count). The van der Waals surface area contributed by atoms with Crippen molar-refractivity contribution in [2.75, 3.05) is 23.4 Å². The summed E-state index contributed by atoms with van der Waals surface area (Å²) >= 11 is 0. The zero-order valence-corrected chi connectivity index (χ0v) is 15.0. The first-order valence-electron chi connectivity index (χ1n) is 8.98. The fraction of sp³-hybridized carbons (Fsp3) is 0.238. The Bertz CT molecular complexity index is 1060. The molecule has 1 amide bonds. The Morgan fingerprint density at radius 1 is 1.11 bits per heavy atom. The van der Waals surface area contributed by atoms with Crippen LogP contribution in [-0.4, -0.2) is 19.2 Å². The molecule has 2 heterocycles. The van der Waals surface area contributed by atoms with E-state index >= 15 is 0 Å². The van der Waals surface area contributed by atoms with Crippen LogP contribution >= 0.6 is 0 Å². The third kappa shape index (κ3) is 3.51. The Balaban J connectivity index is 1.59. The van der Waals surface area contributed by atoms with E-state index in [2.05, 4.69) is 12.2 Å². The van der Waals surface area contributed by atoms with Gasteiger partial charge >= 0.3 is 11.7 Å². The molecule has 6 nitrogen and oxygen atoms in total. The topological polar surface area (TPSA) is 71.8 Å². The van der Waals surface area contributed by atoms with E-state index in [1.165, 1.54) is 6.07 Å². The summed E-state index contributed by atoms with van der Waals surface area (Å²) in [6.07, 6.45) is 0.555. The van der Waals surface area contributed by atoms with Crippen LogP contribution in [0.5, 0.6) is 0 Å². The van der Waals surface area contributed by atoms with Crippen LogP contribution in [0.3, 0.4) is 0 Å². The van der Waals surface area contributed by atoms with Gasteiger partial charge < -0.3 is 14.5 Å². The first-order valence-corrected chi connectivity index (χ1v) is 8.98. The molecular weight excluding hydrogens is 344 g/mol. The second-order valence-corrected chi connectivity index (χ2v) is 6.44. The summed E-state index contributed by atoms with van der Waals surface area (Å²) in [6, 6.07) is 15.0. The number of anilines is 2. The second kappa shape index (κ2) is 7.15. The van der Waals surface area contributed by atoms with E-state index in [1.54, 1.807) is 4.90 Å². The van der Waals surface area contributed by atoms with Gasteiger partial charge in [0.15, 0.2) is 0 Å². The molecule has 1 fully saturated rings. The smallest absolute Gasteiger partial charge is 0.414 e. The van der Waals surface area contributed by atoms with Crippen molar-refractivity contribution < 1.29 is 13.9 Å². The number of ether oxygens (including phenoxy) is 1. The minimum absolute atomic E-state index is 0.328. The van der Waals surface area contributed by atoms with E-state index in [9.17, 15) is 9.59 Å². The molecule has 0 unspecified atom stereocenters. The summed E-state index contributed by atoms with van der Waals surface area (Å²) in [4.78, 5) is 25.3. The van der Waals surface area contributed by atoms with E-state index in [0.29, 0.717) is 25.3 Å². The molecule has 0 saturated carbocycles. The highest BCUT2D eigenvalue weighted by molar-refractivity contribution is 5.90. The highest BCUT2D eigenvalue weighted by Crippen LogP contribution is 2.24. The van der Waals surface area contributed by atoms with Gasteiger partial charge in [0.1, 0.15) is 12.2 Å². The molecule has 1 aromatic heterocycles. The summed E-state index contributed by atoms with van der Waals surface area (Å²) in [6.45, 7) is 3.49. The van der Waals surface area contributed by atoms with Crippen LogP contribution in [0, 0.1) is 0 Å². The van der Waals surface area contributed by atoms with Crippen LogP contribution in [-0.2, 0) is 17.7 Å². The summed E-state index contributed by atoms with van der Waals surface area (Å²) in [5.74, 6) is 0. The Hall–Kier alpha value is -3.28. The molecule has 138 valence electrons. The van der Waals surface area contributed by atoms with Crippen LogP contribution < -0.4 is 15.8 Å². The number of aryl methyl sites for hydroxylation is 1. The van der Waals surface area contributed by atoms with Crippen LogP contribution in [0.15, 0.2) is 57.7 Å². The predicted octanol–water partition coefficient (Wildman–Crippen LogP) is 3.92. The molecule has 3 aromatic rings. The quantitative estimate of drug-likeness (QED) is 0.695. The maximum atomic E-state index is 11.9. The van der Waals surface area contributed by atoms with Gasteiger partial charge in [0.2, 0.25) is 0 Å². The van der Waals surface area contributed by atoms with Gasteiger partial charge in [0.25, 0.3) is 0 Å². The minimum Gasteiger partial charge on any atom is -0.447 e. The fourth-order valence-electron chi connectivity index (χ4n) is 3.25. The van der Waals surface area contributed by atoms with Crippen molar-refractivity contribution in [2.45, 2.75) is 19.9 Å². The maximum Gasteiger partial charge on any atom is 0.414 e. The lowest BCUT2D eigenvalue weighted by Gasteiger charge is -2.15. The van der Waals surface area contributed by atoms with Gasteiger partial charge in [0.05, 0.1) is 6.54 Å². The minimum atomic E-state index is -0.360. The van der Waals surface area contributed by atoms with Crippen molar-refractivity contribution >= 4 is 28.4 Å². The number of cyclic esters (lactones) is 1. The molecule has 0 radical (unpaired) electrons. The Labute approximate surface area is 156 Å². The number of hydrogen-bond donors (Lipinski definition) is 1. The van der Waals surface area contributed by atoms with Crippen LogP contribution in [0.2, 0.25) is 0 Å². The molecule has 1 aliphatic heterocycles. The number of amides is 1. The van der Waals surface area contributed by atoms with Crippen LogP contribution in [0.25, 0.3) is 11.0 Å². The lowest BCUT2D eigenvalue weighted by molar-refractivity contribution is 0.181. The van der Waals surface area contributed by atoms with Gasteiger partial charge in [-0.15, -0.1) is 0 Å². The molecule has 2 aromatic carbocycles. The molecule has 0 aliphatic carbocycles. The molecule has 0 atom stereocenters. The Morgan fingerprint density at radius 3 is 2.78 bits per heavy atom. The average Bonchev–Trinajstić information content (AvgIpc) is 3.11. The number of benzene rings is 2. The monoisotopic (exact) mass is 364 g/mol. The van der Waals surface area contributed by atoms with Gasteiger partial charge in [-0.3, -0.25) is 4.90 Å². The molecular formula is C21H20N2O4. The van der Waals surface area contributed by atoms with E-state index in [1.807, 2.05) is 42.5 Å². The number of carbonyl (C=O) groups excluding carboxylic acids is 1. The number of fused-ring (bicyclic) bond motifs is 1. The first-order chi connectivity index (χ1) is 13.1. The zero-order valence-electron chi connectivity index (χ0n) is 15.0. The Kier molecular flexibility index (Phi) is 4.54. The number of rotatable bonds is 5. The number of carbonyl (C=O) groups is 1. The summed E-state index contributed by atoms with van der Waals surface area (Å²) in [7, 11) is 0. The van der Waals surface area contributed by atoms with Crippen molar-refractivity contribution in [1.82, 2.24) is 0 Å². The van der Waals surface area contributed by atoms with Gasteiger partial charge in [0, 0.05) is 29.4 Å². The molecule has 0 spiro atoms. The van der Waals surface area contributed by atoms with Crippen molar-refractivity contribution in [1.29, 1.82) is 0 Å². The standard InChI is InChI=1S/C21H20N2O4/c1-2-14-6-7-18-15(11-20(24)27-19(18)10-14)13-22-16-4-3-5-17(12-16)23-8-9-26-21(23)25/h3-7,10-12,22H,2,8-9,13H2,1H3. The van der Waals surface area contributed by atoms with Crippen molar-refractivity contribution in [3.05, 3.63) is 70.1 Å². The average molecular weight is 364 g/mol. The SMILES string of the molecule is CCc1ccc2c(CNc3cccc(N4CCOC4=O)c3)cc(=O)oc2c1. The predicted molar refractivity (Wildman–Crippen MR) is 104 cm³/mol. The van der Waals surface area contributed by atoms with Crippen molar-refractivity contribution in [3.8, 4) is 0 Å². The third-order valence-corrected chi connectivity index (χ3v) is 4.70. The van der Waals surface area contributed by atoms with Gasteiger partial charge in [-0.25, -0.2) is 9.59 Å². The molecule has 27 heavy (non-hydrogen) atoms. The second-order valence-electron chi connectivity index (χ2n) is 6.44. The lowest BCUT2D eigenvalue weighted by Crippen LogP contribution is -2.23. The molecule has 1 aliphatic rings. The molecule has 1 saturated heterocycles. The summed E-state index contributed by atoms with van der Waals surface area (Å²) < 4.78 is 10.3. The van der Waals surface area contributed by atoms with Crippen LogP contribution in [0.1, 0.15) is 18.1 Å². The van der Waals surface area contributed by atoms with Gasteiger partial charge in [-0.05, 0) is 41.8 Å². The molecule has 1 N–H and O–H groups in total. The van der Waals surface area contributed by atoms with Crippen molar-refractivity contribution in [3.63, 3.8) is 0 Å². The lowest BCUT2D eigenvalue weighted by atomic mass is 10.1. The summed E-state index contributed by atoms with van der Waals surface area (Å²) in [5, 5.41) is 4.24. The molecule has 6 heteroatoms. The largest absolute Gasteiger partial charge is 0.447 e. The van der Waals surface area contributed by atoms with E-state index in [4.69, 9.17) is 9.15 Å².